The second-order valence-electron chi connectivity index (χ2n) is 6.27. The molecule has 2 nitrogen and oxygen atoms in total. The predicted octanol–water partition coefficient (Wildman–Crippen LogP) is 4.50. The fourth-order valence-corrected chi connectivity index (χ4v) is 3.24. The van der Waals surface area contributed by atoms with Gasteiger partial charge in [-0.15, -0.1) is 0 Å². The van der Waals surface area contributed by atoms with Crippen LogP contribution in [0.3, 0.4) is 0 Å². The maximum Gasteiger partial charge on any atom is 0.118 e. The highest BCUT2D eigenvalue weighted by Gasteiger charge is 2.18. The summed E-state index contributed by atoms with van der Waals surface area (Å²) in [5.41, 5.74) is 2.45. The Morgan fingerprint density at radius 2 is 1.95 bits per heavy atom. The average Bonchev–Trinajstić information content (AvgIpc) is 2.48. The van der Waals surface area contributed by atoms with Gasteiger partial charge in [0.05, 0.1) is 0 Å². The zero-order valence-corrected chi connectivity index (χ0v) is 13.1. The van der Waals surface area contributed by atoms with E-state index in [1.54, 1.807) is 0 Å². The van der Waals surface area contributed by atoms with Crippen LogP contribution in [0.1, 0.15) is 63.0 Å². The third-order valence-electron chi connectivity index (χ3n) is 4.57. The van der Waals surface area contributed by atoms with Gasteiger partial charge in [-0.25, -0.2) is 0 Å². The highest BCUT2D eigenvalue weighted by molar-refractivity contribution is 5.36. The van der Waals surface area contributed by atoms with E-state index in [-0.39, 0.29) is 0 Å². The molecule has 0 amide bonds. The van der Waals surface area contributed by atoms with Gasteiger partial charge in [0.15, 0.2) is 0 Å². The van der Waals surface area contributed by atoms with Gasteiger partial charge in [0.1, 0.15) is 5.75 Å². The molecule has 2 heteroatoms. The molecule has 2 rings (SSSR count). The van der Waals surface area contributed by atoms with Gasteiger partial charge in [-0.05, 0) is 49.9 Å². The molecule has 20 heavy (non-hydrogen) atoms. The molecule has 112 valence electrons. The van der Waals surface area contributed by atoms with Crippen molar-refractivity contribution in [3.8, 4) is 5.75 Å². The van der Waals surface area contributed by atoms with Gasteiger partial charge in [0.25, 0.3) is 0 Å². The molecule has 1 aliphatic rings. The van der Waals surface area contributed by atoms with Crippen LogP contribution in [0.4, 0.5) is 0 Å². The normalized spacial score (nSPS) is 16.8. The summed E-state index contributed by atoms with van der Waals surface area (Å²) in [6.45, 7) is 3.20. The first-order valence-electron chi connectivity index (χ1n) is 8.21. The number of hydrogen-bond donors (Lipinski definition) is 1. The van der Waals surface area contributed by atoms with Crippen molar-refractivity contribution in [3.63, 3.8) is 0 Å². The highest BCUT2D eigenvalue weighted by Crippen LogP contribution is 2.25. The summed E-state index contributed by atoms with van der Waals surface area (Å²) >= 11 is 0. The number of aromatic hydroxyl groups is 1. The van der Waals surface area contributed by atoms with Crippen LogP contribution < -0.4 is 0 Å². The van der Waals surface area contributed by atoms with Gasteiger partial charge in [-0.3, -0.25) is 4.90 Å². The van der Waals surface area contributed by atoms with E-state index in [4.69, 9.17) is 0 Å². The smallest absolute Gasteiger partial charge is 0.118 e. The first-order chi connectivity index (χ1) is 9.70. The first-order valence-corrected chi connectivity index (χ1v) is 8.21. The van der Waals surface area contributed by atoms with Gasteiger partial charge < -0.3 is 5.11 Å². The lowest BCUT2D eigenvalue weighted by Crippen LogP contribution is -2.32. The molecule has 0 heterocycles. The van der Waals surface area contributed by atoms with Crippen LogP contribution in [0, 0.1) is 0 Å². The molecule has 1 saturated carbocycles. The van der Waals surface area contributed by atoms with Crippen LogP contribution in [0.5, 0.6) is 5.75 Å². The Bertz CT molecular complexity index is 410. The molecule has 1 N–H and O–H groups in total. The maximum absolute atomic E-state index is 9.93. The number of unbranched alkanes of at least 4 members (excludes halogenated alkanes) is 1. The Kier molecular flexibility index (Phi) is 5.90. The lowest BCUT2D eigenvalue weighted by molar-refractivity contribution is 0.184. The van der Waals surface area contributed by atoms with Crippen LogP contribution in [0.2, 0.25) is 0 Å². The van der Waals surface area contributed by atoms with Crippen molar-refractivity contribution in [1.82, 2.24) is 4.90 Å². The molecular weight excluding hydrogens is 246 g/mol. The molecule has 0 aliphatic heterocycles. The average molecular weight is 275 g/mol. The van der Waals surface area contributed by atoms with Crippen molar-refractivity contribution < 1.29 is 5.11 Å². The van der Waals surface area contributed by atoms with Gasteiger partial charge in [0, 0.05) is 12.6 Å². The second kappa shape index (κ2) is 7.68. The van der Waals surface area contributed by atoms with Crippen LogP contribution in [-0.2, 0) is 13.0 Å². The van der Waals surface area contributed by atoms with Crippen molar-refractivity contribution in [2.75, 3.05) is 7.05 Å². The van der Waals surface area contributed by atoms with Crippen molar-refractivity contribution in [2.45, 2.75) is 70.9 Å². The van der Waals surface area contributed by atoms with E-state index in [1.807, 2.05) is 6.07 Å². The molecule has 1 aliphatic carbocycles. The Morgan fingerprint density at radius 1 is 1.20 bits per heavy atom. The monoisotopic (exact) mass is 275 g/mol. The van der Waals surface area contributed by atoms with E-state index < -0.39 is 0 Å². The lowest BCUT2D eigenvalue weighted by Gasteiger charge is -2.31. The molecule has 0 atom stereocenters. The highest BCUT2D eigenvalue weighted by atomic mass is 16.3. The third kappa shape index (κ3) is 4.24. The van der Waals surface area contributed by atoms with Gasteiger partial charge in [-0.2, -0.15) is 0 Å². The number of benzene rings is 1. The largest absolute Gasteiger partial charge is 0.508 e. The van der Waals surface area contributed by atoms with Crippen molar-refractivity contribution in [2.24, 2.45) is 0 Å². The Morgan fingerprint density at radius 3 is 2.65 bits per heavy atom. The number of rotatable bonds is 6. The number of phenols is 1. The van der Waals surface area contributed by atoms with Crippen molar-refractivity contribution in [3.05, 3.63) is 29.3 Å². The third-order valence-corrected chi connectivity index (χ3v) is 4.57. The van der Waals surface area contributed by atoms with Gasteiger partial charge in [0.2, 0.25) is 0 Å². The van der Waals surface area contributed by atoms with Crippen LogP contribution >= 0.6 is 0 Å². The van der Waals surface area contributed by atoms with Crippen LogP contribution in [0.15, 0.2) is 18.2 Å². The summed E-state index contributed by atoms with van der Waals surface area (Å²) in [6, 6.07) is 6.89. The minimum absolute atomic E-state index is 0.461. The van der Waals surface area contributed by atoms with E-state index in [9.17, 15) is 5.11 Å². The number of nitrogens with zero attached hydrogens (tertiary/aromatic N) is 1. The lowest BCUT2D eigenvalue weighted by atomic mass is 9.94. The molecule has 0 saturated heterocycles. The Hall–Kier alpha value is -1.02. The van der Waals surface area contributed by atoms with E-state index in [1.165, 1.54) is 44.1 Å². The zero-order valence-electron chi connectivity index (χ0n) is 13.1. The fourth-order valence-electron chi connectivity index (χ4n) is 3.24. The van der Waals surface area contributed by atoms with Crippen LogP contribution in [-0.4, -0.2) is 23.1 Å². The van der Waals surface area contributed by atoms with Crippen molar-refractivity contribution >= 4 is 0 Å². The SMILES string of the molecule is CCCCc1cc(CN(C)C2CCCCC2)ccc1O. The first kappa shape index (κ1) is 15.4. The molecular formula is C18H29NO. The number of phenolic OH excluding ortho intramolecular Hbond substituents is 1. The Labute approximate surface area is 123 Å². The Balaban J connectivity index is 1.97. The second-order valence-corrected chi connectivity index (χ2v) is 6.27. The minimum atomic E-state index is 0.461. The summed E-state index contributed by atoms with van der Waals surface area (Å²) in [4.78, 5) is 2.50. The van der Waals surface area contributed by atoms with E-state index >= 15 is 0 Å². The van der Waals surface area contributed by atoms with Gasteiger partial charge >= 0.3 is 0 Å². The molecule has 0 aromatic heterocycles. The summed E-state index contributed by atoms with van der Waals surface area (Å²) < 4.78 is 0. The van der Waals surface area contributed by atoms with Crippen LogP contribution in [0.25, 0.3) is 0 Å². The summed E-state index contributed by atoms with van der Waals surface area (Å²) in [5, 5.41) is 9.93. The van der Waals surface area contributed by atoms with E-state index in [0.717, 1.165) is 31.0 Å². The molecule has 1 aromatic rings. The number of aryl methyl sites for hydroxylation is 1. The van der Waals surface area contributed by atoms with E-state index in [0.29, 0.717) is 5.75 Å². The summed E-state index contributed by atoms with van der Waals surface area (Å²) in [6.07, 6.45) is 10.2. The number of hydrogen-bond acceptors (Lipinski definition) is 2. The fraction of sp³-hybridized carbons (Fsp3) is 0.667. The summed E-state index contributed by atoms with van der Waals surface area (Å²) in [7, 11) is 2.24. The molecule has 0 bridgehead atoms. The molecule has 0 unspecified atom stereocenters. The predicted molar refractivity (Wildman–Crippen MR) is 85.1 cm³/mol. The molecule has 0 radical (unpaired) electrons. The molecule has 1 fully saturated rings. The minimum Gasteiger partial charge on any atom is -0.508 e. The van der Waals surface area contributed by atoms with Crippen molar-refractivity contribution in [1.29, 1.82) is 0 Å². The van der Waals surface area contributed by atoms with E-state index in [2.05, 4.69) is 31.0 Å². The maximum atomic E-state index is 9.93. The zero-order chi connectivity index (χ0) is 14.4. The molecule has 1 aromatic carbocycles. The van der Waals surface area contributed by atoms with Gasteiger partial charge in [-0.1, -0.05) is 44.7 Å². The standard InChI is InChI=1S/C18H29NO/c1-3-4-8-16-13-15(11-12-18(16)20)14-19(2)17-9-6-5-7-10-17/h11-13,17,20H,3-10,14H2,1-2H3. The summed E-state index contributed by atoms with van der Waals surface area (Å²) in [5.74, 6) is 0.461. The molecule has 0 spiro atoms. The quantitative estimate of drug-likeness (QED) is 0.826. The topological polar surface area (TPSA) is 23.5 Å².